The lowest BCUT2D eigenvalue weighted by Crippen LogP contribution is -2.43. The summed E-state index contributed by atoms with van der Waals surface area (Å²) in [6, 6.07) is 18.7. The number of carbonyl (C=O) groups excluding carboxylic acids is 1. The van der Waals surface area contributed by atoms with Crippen molar-refractivity contribution >= 4 is 28.6 Å². The lowest BCUT2D eigenvalue weighted by atomic mass is 9.85. The summed E-state index contributed by atoms with van der Waals surface area (Å²) in [6.45, 7) is 2.56. The number of aromatic carboxylic acids is 1. The van der Waals surface area contributed by atoms with Crippen molar-refractivity contribution in [3.63, 3.8) is 0 Å². The average molecular weight is 474 g/mol. The standard InChI is InChI=1S/C29H31NO5/c1-2-7-26(31)30(19-29(28(34)35)14-5-6-15-29)18-20-10-11-22-17-23(13-12-21(22)16-20)24-8-3-4-9-25(24)27(32)33/h3-4,8-13,16-17H,2,5-7,14-15,18-19H2,1H3,(H,32,33)(H,34,35). The lowest BCUT2D eigenvalue weighted by Gasteiger charge is -2.32. The molecule has 4 rings (SSSR count). The highest BCUT2D eigenvalue weighted by atomic mass is 16.4. The second-order valence-electron chi connectivity index (χ2n) is 9.54. The molecule has 0 spiro atoms. The van der Waals surface area contributed by atoms with Gasteiger partial charge in [0.1, 0.15) is 0 Å². The molecule has 0 bridgehead atoms. The minimum absolute atomic E-state index is 0.0132. The first-order valence-corrected chi connectivity index (χ1v) is 12.2. The van der Waals surface area contributed by atoms with Crippen LogP contribution in [0.5, 0.6) is 0 Å². The van der Waals surface area contributed by atoms with Crippen LogP contribution in [0.15, 0.2) is 60.7 Å². The van der Waals surface area contributed by atoms with Crippen molar-refractivity contribution in [2.75, 3.05) is 6.54 Å². The van der Waals surface area contributed by atoms with Gasteiger partial charge in [-0.25, -0.2) is 4.79 Å². The molecule has 3 aromatic rings. The maximum Gasteiger partial charge on any atom is 0.336 e. The van der Waals surface area contributed by atoms with Crippen LogP contribution in [0.1, 0.15) is 61.4 Å². The van der Waals surface area contributed by atoms with Gasteiger partial charge in [-0.3, -0.25) is 9.59 Å². The summed E-state index contributed by atoms with van der Waals surface area (Å²) in [4.78, 5) is 38.4. The van der Waals surface area contributed by atoms with E-state index in [1.807, 2.05) is 49.4 Å². The van der Waals surface area contributed by atoms with Crippen LogP contribution in [0.4, 0.5) is 0 Å². The normalized spacial score (nSPS) is 14.7. The smallest absolute Gasteiger partial charge is 0.336 e. The van der Waals surface area contributed by atoms with E-state index in [9.17, 15) is 24.6 Å². The van der Waals surface area contributed by atoms with Crippen molar-refractivity contribution in [1.82, 2.24) is 4.90 Å². The number of amides is 1. The molecule has 6 heteroatoms. The Bertz CT molecular complexity index is 1260. The number of aliphatic carboxylic acids is 1. The summed E-state index contributed by atoms with van der Waals surface area (Å²) in [5.74, 6) is -1.79. The molecule has 3 aromatic carbocycles. The van der Waals surface area contributed by atoms with Gasteiger partial charge in [0, 0.05) is 19.5 Å². The molecule has 182 valence electrons. The van der Waals surface area contributed by atoms with Crippen LogP contribution >= 0.6 is 0 Å². The van der Waals surface area contributed by atoms with Crippen LogP contribution < -0.4 is 0 Å². The summed E-state index contributed by atoms with van der Waals surface area (Å²) in [7, 11) is 0. The van der Waals surface area contributed by atoms with E-state index in [1.54, 1.807) is 23.1 Å². The number of nitrogens with zero attached hydrogens (tertiary/aromatic N) is 1. The molecule has 2 N–H and O–H groups in total. The molecular formula is C29H31NO5. The van der Waals surface area contributed by atoms with Gasteiger partial charge in [0.25, 0.3) is 0 Å². The predicted molar refractivity (Wildman–Crippen MR) is 135 cm³/mol. The maximum absolute atomic E-state index is 12.9. The summed E-state index contributed by atoms with van der Waals surface area (Å²) < 4.78 is 0. The Balaban J connectivity index is 1.62. The molecule has 0 unspecified atom stereocenters. The largest absolute Gasteiger partial charge is 0.481 e. The monoisotopic (exact) mass is 473 g/mol. The molecule has 0 atom stereocenters. The maximum atomic E-state index is 12.9. The lowest BCUT2D eigenvalue weighted by molar-refractivity contribution is -0.151. The second-order valence-corrected chi connectivity index (χ2v) is 9.54. The van der Waals surface area contributed by atoms with E-state index < -0.39 is 17.4 Å². The van der Waals surface area contributed by atoms with Gasteiger partial charge in [0.15, 0.2) is 0 Å². The average Bonchev–Trinajstić information content (AvgIpc) is 3.33. The van der Waals surface area contributed by atoms with Crippen LogP contribution in [0.3, 0.4) is 0 Å². The van der Waals surface area contributed by atoms with E-state index in [-0.39, 0.29) is 18.0 Å². The third-order valence-corrected chi connectivity index (χ3v) is 7.07. The topological polar surface area (TPSA) is 94.9 Å². The van der Waals surface area contributed by atoms with Crippen molar-refractivity contribution in [1.29, 1.82) is 0 Å². The number of rotatable bonds is 9. The molecule has 0 radical (unpaired) electrons. The van der Waals surface area contributed by atoms with Gasteiger partial charge in [-0.05, 0) is 64.9 Å². The molecule has 0 saturated heterocycles. The third-order valence-electron chi connectivity index (χ3n) is 7.07. The van der Waals surface area contributed by atoms with Gasteiger partial charge < -0.3 is 15.1 Å². The number of carboxylic acids is 2. The highest BCUT2D eigenvalue weighted by Gasteiger charge is 2.43. The summed E-state index contributed by atoms with van der Waals surface area (Å²) in [5.41, 5.74) is 1.84. The first-order chi connectivity index (χ1) is 16.8. The van der Waals surface area contributed by atoms with E-state index in [0.29, 0.717) is 37.8 Å². The molecule has 0 aliphatic heterocycles. The van der Waals surface area contributed by atoms with Crippen molar-refractivity contribution in [3.8, 4) is 11.1 Å². The molecule has 1 amide bonds. The molecule has 1 aliphatic carbocycles. The number of hydrogen-bond donors (Lipinski definition) is 2. The molecule has 6 nitrogen and oxygen atoms in total. The number of carboxylic acid groups (broad SMARTS) is 2. The summed E-state index contributed by atoms with van der Waals surface area (Å²) in [6.07, 6.45) is 4.09. The Morgan fingerprint density at radius 3 is 2.29 bits per heavy atom. The fourth-order valence-electron chi connectivity index (χ4n) is 5.16. The Labute approximate surface area is 205 Å². The van der Waals surface area contributed by atoms with Crippen molar-refractivity contribution in [2.24, 2.45) is 5.41 Å². The second kappa shape index (κ2) is 10.3. The number of carbonyl (C=O) groups is 3. The molecule has 0 heterocycles. The van der Waals surface area contributed by atoms with Gasteiger partial charge in [-0.1, -0.05) is 62.2 Å². The zero-order valence-corrected chi connectivity index (χ0v) is 20.0. The first-order valence-electron chi connectivity index (χ1n) is 12.2. The van der Waals surface area contributed by atoms with Gasteiger partial charge >= 0.3 is 11.9 Å². The molecule has 1 aliphatic rings. The molecular weight excluding hydrogens is 442 g/mol. The van der Waals surface area contributed by atoms with E-state index in [4.69, 9.17) is 0 Å². The zero-order chi connectivity index (χ0) is 25.0. The number of benzene rings is 3. The van der Waals surface area contributed by atoms with E-state index in [1.165, 1.54) is 0 Å². The van der Waals surface area contributed by atoms with Crippen molar-refractivity contribution in [2.45, 2.75) is 52.0 Å². The SMILES string of the molecule is CCCC(=O)N(Cc1ccc2cc(-c3ccccc3C(=O)O)ccc2c1)CC1(C(=O)O)CCCC1. The Kier molecular flexibility index (Phi) is 7.20. The number of fused-ring (bicyclic) bond motifs is 1. The van der Waals surface area contributed by atoms with Gasteiger partial charge in [0.2, 0.25) is 5.91 Å². The van der Waals surface area contributed by atoms with Gasteiger partial charge in [-0.15, -0.1) is 0 Å². The molecule has 35 heavy (non-hydrogen) atoms. The predicted octanol–water partition coefficient (Wildman–Crippen LogP) is 5.98. The molecule has 0 aromatic heterocycles. The van der Waals surface area contributed by atoms with Gasteiger partial charge in [0.05, 0.1) is 11.0 Å². The van der Waals surface area contributed by atoms with Crippen LogP contribution in [-0.4, -0.2) is 39.5 Å². The van der Waals surface area contributed by atoms with E-state index >= 15 is 0 Å². The highest BCUT2D eigenvalue weighted by Crippen LogP contribution is 2.39. The van der Waals surface area contributed by atoms with E-state index in [0.717, 1.165) is 34.7 Å². The van der Waals surface area contributed by atoms with Crippen molar-refractivity contribution in [3.05, 3.63) is 71.8 Å². The van der Waals surface area contributed by atoms with Crippen LogP contribution in [0.25, 0.3) is 21.9 Å². The Morgan fingerprint density at radius 2 is 1.60 bits per heavy atom. The number of hydrogen-bond acceptors (Lipinski definition) is 3. The minimum atomic E-state index is -0.964. The van der Waals surface area contributed by atoms with Crippen LogP contribution in [0, 0.1) is 5.41 Å². The van der Waals surface area contributed by atoms with Crippen LogP contribution in [0.2, 0.25) is 0 Å². The zero-order valence-electron chi connectivity index (χ0n) is 20.0. The highest BCUT2D eigenvalue weighted by molar-refractivity contribution is 5.98. The van der Waals surface area contributed by atoms with Crippen molar-refractivity contribution < 1.29 is 24.6 Å². The van der Waals surface area contributed by atoms with E-state index in [2.05, 4.69) is 0 Å². The third kappa shape index (κ3) is 5.21. The minimum Gasteiger partial charge on any atom is -0.481 e. The quantitative estimate of drug-likeness (QED) is 0.399. The summed E-state index contributed by atoms with van der Waals surface area (Å²) in [5, 5.41) is 21.4. The molecule has 1 fully saturated rings. The van der Waals surface area contributed by atoms with Crippen LogP contribution in [-0.2, 0) is 16.1 Å². The molecule has 1 saturated carbocycles. The van der Waals surface area contributed by atoms with Gasteiger partial charge in [-0.2, -0.15) is 0 Å². The first kappa shape index (κ1) is 24.5. The fourth-order valence-corrected chi connectivity index (χ4v) is 5.16. The fraction of sp³-hybridized carbons (Fsp3) is 0.345. The Hall–Kier alpha value is -3.67. The Morgan fingerprint density at radius 1 is 0.914 bits per heavy atom. The summed E-state index contributed by atoms with van der Waals surface area (Å²) >= 11 is 0.